The van der Waals surface area contributed by atoms with Gasteiger partial charge in [0.15, 0.2) is 0 Å². The molecule has 0 bridgehead atoms. The van der Waals surface area contributed by atoms with Crippen molar-refractivity contribution >= 4 is 15.7 Å². The topological polar surface area (TPSA) is 89.3 Å². The van der Waals surface area contributed by atoms with Crippen molar-refractivity contribution in [2.45, 2.75) is 6.92 Å². The minimum absolute atomic E-state index is 0.0789. The van der Waals surface area contributed by atoms with Crippen molar-refractivity contribution in [2.75, 3.05) is 25.1 Å². The number of rotatable bonds is 4. The largest absolute Gasteiger partial charge is 0.351 e. The van der Waals surface area contributed by atoms with E-state index >= 15 is 0 Å². The summed E-state index contributed by atoms with van der Waals surface area (Å²) in [5, 5.41) is 2.57. The van der Waals surface area contributed by atoms with Crippen LogP contribution < -0.4 is 11.1 Å². The number of benzene rings is 1. The van der Waals surface area contributed by atoms with Gasteiger partial charge in [0, 0.05) is 23.9 Å². The fourth-order valence-electron chi connectivity index (χ4n) is 1.50. The standard InChI is InChI=1S/C14H18N2O3S/c1-11-5-6-13(10-12(11)4-3-7-15)14(17)16-8-9-20(2,18)19/h5-6,10H,7-9,15H2,1-2H3,(H,16,17). The molecule has 1 amide bonds. The number of aryl methyl sites for hydroxylation is 1. The summed E-state index contributed by atoms with van der Waals surface area (Å²) in [5.74, 6) is 5.24. The smallest absolute Gasteiger partial charge is 0.251 e. The predicted octanol–water partition coefficient (Wildman–Crippen LogP) is 0.0796. The molecular formula is C14H18N2O3S. The van der Waals surface area contributed by atoms with Crippen LogP contribution in [0.25, 0.3) is 0 Å². The van der Waals surface area contributed by atoms with Gasteiger partial charge in [-0.25, -0.2) is 8.42 Å². The number of carbonyl (C=O) groups is 1. The summed E-state index contributed by atoms with van der Waals surface area (Å²) < 4.78 is 22.0. The molecule has 5 nitrogen and oxygen atoms in total. The fraction of sp³-hybridized carbons (Fsp3) is 0.357. The molecule has 0 aromatic heterocycles. The van der Waals surface area contributed by atoms with E-state index in [2.05, 4.69) is 17.2 Å². The van der Waals surface area contributed by atoms with Gasteiger partial charge >= 0.3 is 0 Å². The highest BCUT2D eigenvalue weighted by atomic mass is 32.2. The Bertz CT molecular complexity index is 655. The van der Waals surface area contributed by atoms with Gasteiger partial charge in [0.05, 0.1) is 12.3 Å². The van der Waals surface area contributed by atoms with Crippen molar-refractivity contribution in [3.05, 3.63) is 34.9 Å². The molecule has 0 aliphatic carbocycles. The van der Waals surface area contributed by atoms with E-state index in [0.29, 0.717) is 5.56 Å². The Balaban J connectivity index is 2.78. The molecule has 0 unspecified atom stereocenters. The second kappa shape index (κ2) is 7.08. The van der Waals surface area contributed by atoms with E-state index < -0.39 is 9.84 Å². The van der Waals surface area contributed by atoms with Crippen molar-refractivity contribution in [1.82, 2.24) is 5.32 Å². The normalized spacial score (nSPS) is 10.6. The zero-order valence-electron chi connectivity index (χ0n) is 11.6. The first-order chi connectivity index (χ1) is 9.33. The molecule has 1 rings (SSSR count). The first-order valence-corrected chi connectivity index (χ1v) is 8.15. The summed E-state index contributed by atoms with van der Waals surface area (Å²) in [6, 6.07) is 5.15. The van der Waals surface area contributed by atoms with Crippen molar-refractivity contribution in [2.24, 2.45) is 5.73 Å². The maximum absolute atomic E-state index is 11.9. The van der Waals surface area contributed by atoms with Gasteiger partial charge in [-0.15, -0.1) is 0 Å². The number of nitrogens with two attached hydrogens (primary N) is 1. The molecular weight excluding hydrogens is 276 g/mol. The number of hydrogen-bond donors (Lipinski definition) is 2. The summed E-state index contributed by atoms with van der Waals surface area (Å²) in [7, 11) is -3.08. The molecule has 1 aromatic carbocycles. The Labute approximate surface area is 119 Å². The molecule has 108 valence electrons. The van der Waals surface area contributed by atoms with Crippen molar-refractivity contribution in [3.63, 3.8) is 0 Å². The fourth-order valence-corrected chi connectivity index (χ4v) is 1.97. The third-order valence-corrected chi connectivity index (χ3v) is 3.53. The lowest BCUT2D eigenvalue weighted by Crippen LogP contribution is -2.28. The Kier molecular flexibility index (Phi) is 5.74. The Hall–Kier alpha value is -1.84. The molecule has 0 spiro atoms. The van der Waals surface area contributed by atoms with Gasteiger partial charge in [0.1, 0.15) is 9.84 Å². The van der Waals surface area contributed by atoms with Crippen LogP contribution >= 0.6 is 0 Å². The average Bonchev–Trinajstić information content (AvgIpc) is 2.36. The van der Waals surface area contributed by atoms with Gasteiger partial charge in [0.25, 0.3) is 5.91 Å². The number of nitrogens with one attached hydrogen (secondary N) is 1. The highest BCUT2D eigenvalue weighted by molar-refractivity contribution is 7.90. The van der Waals surface area contributed by atoms with Crippen LogP contribution in [0.4, 0.5) is 0 Å². The van der Waals surface area contributed by atoms with Crippen LogP contribution in [0.5, 0.6) is 0 Å². The molecule has 0 aliphatic rings. The van der Waals surface area contributed by atoms with E-state index in [-0.39, 0.29) is 24.7 Å². The van der Waals surface area contributed by atoms with Gasteiger partial charge in [0.2, 0.25) is 0 Å². The summed E-state index contributed by atoms with van der Waals surface area (Å²) in [6.45, 7) is 2.24. The van der Waals surface area contributed by atoms with Crippen LogP contribution in [0.2, 0.25) is 0 Å². The van der Waals surface area contributed by atoms with Crippen LogP contribution in [0.3, 0.4) is 0 Å². The Morgan fingerprint density at radius 3 is 2.70 bits per heavy atom. The highest BCUT2D eigenvalue weighted by Gasteiger charge is 2.08. The molecule has 6 heteroatoms. The molecule has 1 aromatic rings. The first-order valence-electron chi connectivity index (χ1n) is 6.09. The minimum Gasteiger partial charge on any atom is -0.351 e. The van der Waals surface area contributed by atoms with Crippen molar-refractivity contribution in [3.8, 4) is 11.8 Å². The summed E-state index contributed by atoms with van der Waals surface area (Å²) in [6.07, 6.45) is 1.13. The van der Waals surface area contributed by atoms with Crippen molar-refractivity contribution < 1.29 is 13.2 Å². The number of sulfone groups is 1. The molecule has 0 radical (unpaired) electrons. The lowest BCUT2D eigenvalue weighted by Gasteiger charge is -2.06. The summed E-state index contributed by atoms with van der Waals surface area (Å²) in [5.41, 5.74) is 7.47. The van der Waals surface area contributed by atoms with Gasteiger partial charge in [-0.2, -0.15) is 0 Å². The second-order valence-electron chi connectivity index (χ2n) is 4.42. The Morgan fingerprint density at radius 1 is 1.40 bits per heavy atom. The predicted molar refractivity (Wildman–Crippen MR) is 79.2 cm³/mol. The summed E-state index contributed by atoms with van der Waals surface area (Å²) in [4.78, 5) is 11.9. The maximum atomic E-state index is 11.9. The zero-order chi connectivity index (χ0) is 15.2. The van der Waals surface area contributed by atoms with Crippen LogP contribution in [0.15, 0.2) is 18.2 Å². The minimum atomic E-state index is -3.08. The van der Waals surface area contributed by atoms with Gasteiger partial charge in [-0.3, -0.25) is 4.79 Å². The molecule has 20 heavy (non-hydrogen) atoms. The molecule has 0 saturated carbocycles. The van der Waals surface area contributed by atoms with Crippen LogP contribution in [0, 0.1) is 18.8 Å². The second-order valence-corrected chi connectivity index (χ2v) is 6.68. The molecule has 0 atom stereocenters. The van der Waals surface area contributed by atoms with Gasteiger partial charge < -0.3 is 11.1 Å². The Morgan fingerprint density at radius 2 is 2.10 bits per heavy atom. The average molecular weight is 294 g/mol. The third-order valence-electron chi connectivity index (χ3n) is 2.58. The molecule has 0 saturated heterocycles. The molecule has 0 aliphatic heterocycles. The highest BCUT2D eigenvalue weighted by Crippen LogP contribution is 2.10. The monoisotopic (exact) mass is 294 g/mol. The van der Waals surface area contributed by atoms with E-state index in [1.165, 1.54) is 0 Å². The number of carbonyl (C=O) groups excluding carboxylic acids is 1. The lowest BCUT2D eigenvalue weighted by molar-refractivity contribution is 0.0956. The van der Waals surface area contributed by atoms with Crippen LogP contribution in [0.1, 0.15) is 21.5 Å². The van der Waals surface area contributed by atoms with E-state index in [0.717, 1.165) is 17.4 Å². The summed E-state index contributed by atoms with van der Waals surface area (Å²) >= 11 is 0. The van der Waals surface area contributed by atoms with Crippen molar-refractivity contribution in [1.29, 1.82) is 0 Å². The van der Waals surface area contributed by atoms with Crippen LogP contribution in [-0.4, -0.2) is 39.4 Å². The number of hydrogen-bond acceptors (Lipinski definition) is 4. The van der Waals surface area contributed by atoms with Gasteiger partial charge in [-0.05, 0) is 24.6 Å². The van der Waals surface area contributed by atoms with E-state index in [9.17, 15) is 13.2 Å². The van der Waals surface area contributed by atoms with Crippen LogP contribution in [-0.2, 0) is 9.84 Å². The maximum Gasteiger partial charge on any atom is 0.251 e. The number of amides is 1. The third kappa shape index (κ3) is 5.43. The zero-order valence-corrected chi connectivity index (χ0v) is 12.4. The molecule has 0 fully saturated rings. The van der Waals surface area contributed by atoms with Gasteiger partial charge in [-0.1, -0.05) is 17.9 Å². The van der Waals surface area contributed by atoms with E-state index in [4.69, 9.17) is 5.73 Å². The quantitative estimate of drug-likeness (QED) is 0.770. The molecule has 3 N–H and O–H groups in total. The van der Waals surface area contributed by atoms with E-state index in [1.807, 2.05) is 6.92 Å². The first kappa shape index (κ1) is 16.2. The lowest BCUT2D eigenvalue weighted by atomic mass is 10.0. The SMILES string of the molecule is Cc1ccc(C(=O)NCCS(C)(=O)=O)cc1C#CCN. The van der Waals surface area contributed by atoms with E-state index in [1.54, 1.807) is 18.2 Å². The molecule has 0 heterocycles.